The Labute approximate surface area is 117 Å². The predicted molar refractivity (Wildman–Crippen MR) is 83.8 cm³/mol. The zero-order valence-corrected chi connectivity index (χ0v) is 11.6. The summed E-state index contributed by atoms with van der Waals surface area (Å²) in [6.07, 6.45) is 4.09. The first-order valence-electron chi connectivity index (χ1n) is 6.30. The normalized spacial score (nSPS) is 10.8. The lowest BCUT2D eigenvalue weighted by atomic mass is 10.1. The minimum atomic E-state index is 0.840. The Hall–Kier alpha value is -1.87. The molecule has 96 valence electrons. The lowest BCUT2D eigenvalue weighted by Crippen LogP contribution is -2.00. The third-order valence-corrected chi connectivity index (χ3v) is 4.06. The van der Waals surface area contributed by atoms with E-state index in [9.17, 15) is 0 Å². The number of hydrogen-bond acceptors (Lipinski definition) is 2. The van der Waals surface area contributed by atoms with Crippen LogP contribution in [0.1, 0.15) is 5.56 Å². The minimum absolute atomic E-state index is 0.840. The van der Waals surface area contributed by atoms with Crippen LogP contribution in [0, 0.1) is 0 Å². The Morgan fingerprint density at radius 1 is 1.05 bits per heavy atom. The molecule has 2 aromatic carbocycles. The van der Waals surface area contributed by atoms with Gasteiger partial charge in [-0.2, -0.15) is 0 Å². The van der Waals surface area contributed by atoms with Crippen molar-refractivity contribution >= 4 is 28.4 Å². The van der Waals surface area contributed by atoms with Gasteiger partial charge in [0.25, 0.3) is 0 Å². The molecule has 3 rings (SSSR count). The fraction of sp³-hybridized carbons (Fsp3) is 0.125. The molecule has 0 bridgehead atoms. The number of H-pyrrole nitrogens is 1. The van der Waals surface area contributed by atoms with E-state index in [-0.39, 0.29) is 0 Å². The predicted octanol–water partition coefficient (Wildman–Crippen LogP) is 4.50. The van der Waals surface area contributed by atoms with E-state index in [0.29, 0.717) is 0 Å². The Morgan fingerprint density at radius 2 is 1.95 bits per heavy atom. The summed E-state index contributed by atoms with van der Waals surface area (Å²) < 4.78 is 0. The number of nitrogens with one attached hydrogen (secondary N) is 2. The molecule has 0 aliphatic carbocycles. The minimum Gasteiger partial charge on any atom is -0.380 e. The average Bonchev–Trinajstić information content (AvgIpc) is 2.94. The molecule has 0 fully saturated rings. The van der Waals surface area contributed by atoms with Crippen molar-refractivity contribution in [3.05, 3.63) is 60.3 Å². The molecular weight excluding hydrogens is 252 g/mol. The lowest BCUT2D eigenvalue weighted by Gasteiger charge is -2.11. The van der Waals surface area contributed by atoms with Crippen molar-refractivity contribution < 1.29 is 0 Å². The van der Waals surface area contributed by atoms with Gasteiger partial charge in [0, 0.05) is 34.2 Å². The standard InChI is InChI=1S/C16H16N2S/c1-19-16-8-3-2-6-15(16)18-11-12-5-4-7-14-13(12)9-10-17-14/h2-10,17-18H,11H2,1H3. The van der Waals surface area contributed by atoms with Gasteiger partial charge in [0.1, 0.15) is 0 Å². The highest BCUT2D eigenvalue weighted by atomic mass is 32.2. The van der Waals surface area contributed by atoms with Crippen LogP contribution < -0.4 is 5.32 Å². The van der Waals surface area contributed by atoms with Crippen LogP contribution in [0.4, 0.5) is 5.69 Å². The van der Waals surface area contributed by atoms with Crippen LogP contribution in [0.25, 0.3) is 10.9 Å². The number of aromatic amines is 1. The molecule has 0 aliphatic rings. The van der Waals surface area contributed by atoms with Gasteiger partial charge in [-0.1, -0.05) is 24.3 Å². The molecule has 0 aliphatic heterocycles. The van der Waals surface area contributed by atoms with Gasteiger partial charge in [-0.15, -0.1) is 11.8 Å². The Morgan fingerprint density at radius 3 is 2.84 bits per heavy atom. The van der Waals surface area contributed by atoms with Gasteiger partial charge in [-0.25, -0.2) is 0 Å². The number of para-hydroxylation sites is 1. The van der Waals surface area contributed by atoms with Gasteiger partial charge in [-0.3, -0.25) is 0 Å². The average molecular weight is 268 g/mol. The van der Waals surface area contributed by atoms with Crippen LogP contribution in [-0.4, -0.2) is 11.2 Å². The quantitative estimate of drug-likeness (QED) is 0.682. The number of anilines is 1. The molecule has 0 saturated carbocycles. The summed E-state index contributed by atoms with van der Waals surface area (Å²) in [6.45, 7) is 0.840. The van der Waals surface area contributed by atoms with Crippen molar-refractivity contribution in [3.63, 3.8) is 0 Å². The molecule has 1 aromatic heterocycles. The van der Waals surface area contributed by atoms with Crippen molar-refractivity contribution in [1.82, 2.24) is 4.98 Å². The van der Waals surface area contributed by atoms with Crippen LogP contribution in [0.3, 0.4) is 0 Å². The van der Waals surface area contributed by atoms with Crippen molar-refractivity contribution in [2.24, 2.45) is 0 Å². The Kier molecular flexibility index (Phi) is 3.47. The van der Waals surface area contributed by atoms with Gasteiger partial charge >= 0.3 is 0 Å². The van der Waals surface area contributed by atoms with E-state index in [1.54, 1.807) is 11.8 Å². The second-order valence-electron chi connectivity index (χ2n) is 4.41. The maximum absolute atomic E-state index is 3.53. The molecule has 1 heterocycles. The summed E-state index contributed by atoms with van der Waals surface area (Å²) >= 11 is 1.77. The highest BCUT2D eigenvalue weighted by Crippen LogP contribution is 2.26. The van der Waals surface area contributed by atoms with E-state index in [0.717, 1.165) is 6.54 Å². The number of thioether (sulfide) groups is 1. The smallest absolute Gasteiger partial charge is 0.0480 e. The molecule has 0 atom stereocenters. The third-order valence-electron chi connectivity index (χ3n) is 3.26. The number of aromatic nitrogens is 1. The molecule has 0 unspecified atom stereocenters. The molecule has 3 aromatic rings. The van der Waals surface area contributed by atoms with E-state index in [1.807, 2.05) is 6.20 Å². The van der Waals surface area contributed by atoms with Crippen LogP contribution in [-0.2, 0) is 6.54 Å². The molecule has 0 radical (unpaired) electrons. The summed E-state index contributed by atoms with van der Waals surface area (Å²) in [6, 6.07) is 16.9. The van der Waals surface area contributed by atoms with Gasteiger partial charge in [0.05, 0.1) is 0 Å². The number of hydrogen-bond donors (Lipinski definition) is 2. The highest BCUT2D eigenvalue weighted by molar-refractivity contribution is 7.98. The molecule has 2 nitrogen and oxygen atoms in total. The maximum Gasteiger partial charge on any atom is 0.0480 e. The second-order valence-corrected chi connectivity index (χ2v) is 5.26. The van der Waals surface area contributed by atoms with Gasteiger partial charge in [0.15, 0.2) is 0 Å². The van der Waals surface area contributed by atoms with E-state index >= 15 is 0 Å². The van der Waals surface area contributed by atoms with E-state index in [4.69, 9.17) is 0 Å². The largest absolute Gasteiger partial charge is 0.380 e. The first-order valence-corrected chi connectivity index (χ1v) is 7.53. The van der Waals surface area contributed by atoms with Crippen LogP contribution in [0.5, 0.6) is 0 Å². The lowest BCUT2D eigenvalue weighted by molar-refractivity contribution is 1.15. The van der Waals surface area contributed by atoms with Crippen molar-refractivity contribution in [2.45, 2.75) is 11.4 Å². The summed E-state index contributed by atoms with van der Waals surface area (Å²) in [7, 11) is 0. The van der Waals surface area contributed by atoms with Crippen molar-refractivity contribution in [3.8, 4) is 0 Å². The van der Waals surface area contributed by atoms with Crippen LogP contribution in [0.2, 0.25) is 0 Å². The third kappa shape index (κ3) is 2.47. The fourth-order valence-electron chi connectivity index (χ4n) is 2.29. The van der Waals surface area contributed by atoms with Crippen molar-refractivity contribution in [2.75, 3.05) is 11.6 Å². The zero-order valence-electron chi connectivity index (χ0n) is 10.8. The van der Waals surface area contributed by atoms with Gasteiger partial charge in [0.2, 0.25) is 0 Å². The van der Waals surface area contributed by atoms with E-state index in [2.05, 4.69) is 65.1 Å². The number of fused-ring (bicyclic) bond motifs is 1. The highest BCUT2D eigenvalue weighted by Gasteiger charge is 2.03. The molecule has 0 amide bonds. The molecule has 19 heavy (non-hydrogen) atoms. The number of benzene rings is 2. The summed E-state index contributed by atoms with van der Waals surface area (Å²) in [4.78, 5) is 4.53. The topological polar surface area (TPSA) is 27.8 Å². The monoisotopic (exact) mass is 268 g/mol. The molecule has 0 saturated heterocycles. The van der Waals surface area contributed by atoms with Crippen molar-refractivity contribution in [1.29, 1.82) is 0 Å². The van der Waals surface area contributed by atoms with E-state index in [1.165, 1.54) is 27.0 Å². The summed E-state index contributed by atoms with van der Waals surface area (Å²) in [5, 5.41) is 4.82. The van der Waals surface area contributed by atoms with E-state index < -0.39 is 0 Å². The first-order chi connectivity index (χ1) is 9.38. The zero-order chi connectivity index (χ0) is 13.1. The van der Waals surface area contributed by atoms with Crippen LogP contribution in [0.15, 0.2) is 59.6 Å². The number of rotatable bonds is 4. The van der Waals surface area contributed by atoms with Gasteiger partial charge < -0.3 is 10.3 Å². The van der Waals surface area contributed by atoms with Gasteiger partial charge in [-0.05, 0) is 36.1 Å². The summed E-state index contributed by atoms with van der Waals surface area (Å²) in [5.41, 5.74) is 3.70. The first kappa shape index (κ1) is 12.2. The Balaban J connectivity index is 1.84. The molecule has 2 N–H and O–H groups in total. The second kappa shape index (κ2) is 5.41. The SMILES string of the molecule is CSc1ccccc1NCc1cccc2[nH]ccc12. The molecule has 0 spiro atoms. The fourth-order valence-corrected chi connectivity index (χ4v) is 2.86. The summed E-state index contributed by atoms with van der Waals surface area (Å²) in [5.74, 6) is 0. The Bertz CT molecular complexity index is 688. The molecular formula is C16H16N2S. The van der Waals surface area contributed by atoms with Crippen LogP contribution >= 0.6 is 11.8 Å². The molecule has 3 heteroatoms. The maximum atomic E-state index is 3.53.